The van der Waals surface area contributed by atoms with Gasteiger partial charge in [0.25, 0.3) is 5.91 Å². The van der Waals surface area contributed by atoms with E-state index in [9.17, 15) is 4.79 Å². The normalized spacial score (nSPS) is 15.6. The zero-order valence-corrected chi connectivity index (χ0v) is 16.8. The largest absolute Gasteiger partial charge is 0.487 e. The Balaban J connectivity index is 0.00000261. The maximum absolute atomic E-state index is 12.4. The molecule has 3 rings (SSSR count). The van der Waals surface area contributed by atoms with E-state index in [0.717, 1.165) is 32.4 Å². The lowest BCUT2D eigenvalue weighted by Crippen LogP contribution is -2.35. The predicted molar refractivity (Wildman–Crippen MR) is 107 cm³/mol. The first kappa shape index (κ1) is 21.5. The molecule has 0 radical (unpaired) electrons. The summed E-state index contributed by atoms with van der Waals surface area (Å²) in [7, 11) is 0. The molecule has 1 aromatic heterocycles. The number of piperidine rings is 1. The van der Waals surface area contributed by atoms with Crippen LogP contribution in [0.2, 0.25) is 5.02 Å². The molecule has 0 aliphatic carbocycles. The van der Waals surface area contributed by atoms with Crippen molar-refractivity contribution in [3.05, 3.63) is 41.2 Å². The summed E-state index contributed by atoms with van der Waals surface area (Å²) in [5, 5.41) is 14.9. The summed E-state index contributed by atoms with van der Waals surface area (Å²) in [4.78, 5) is 12.4. The second kappa shape index (κ2) is 10.5. The lowest BCUT2D eigenvalue weighted by Gasteiger charge is -2.22. The quantitative estimate of drug-likeness (QED) is 0.728. The van der Waals surface area contributed by atoms with Crippen molar-refractivity contribution in [3.63, 3.8) is 0 Å². The number of amides is 1. The molecular formula is C18H25Cl2N5O2. The summed E-state index contributed by atoms with van der Waals surface area (Å²) in [6.07, 6.45) is 4.29. The topological polar surface area (TPSA) is 81.1 Å². The average molecular weight is 414 g/mol. The molecule has 2 N–H and O–H groups in total. The molecule has 1 unspecified atom stereocenters. The molecule has 7 nitrogen and oxygen atoms in total. The maximum atomic E-state index is 12.4. The highest BCUT2D eigenvalue weighted by Gasteiger charge is 2.19. The summed E-state index contributed by atoms with van der Waals surface area (Å²) < 4.78 is 7.69. The van der Waals surface area contributed by atoms with E-state index < -0.39 is 0 Å². The lowest BCUT2D eigenvalue weighted by atomic mass is 10.1. The minimum atomic E-state index is -0.244. The van der Waals surface area contributed by atoms with Gasteiger partial charge < -0.3 is 15.4 Å². The van der Waals surface area contributed by atoms with E-state index in [2.05, 4.69) is 20.9 Å². The third-order valence-corrected chi connectivity index (χ3v) is 4.81. The second-order valence-electron chi connectivity index (χ2n) is 6.35. The highest BCUT2D eigenvalue weighted by atomic mass is 35.5. The molecule has 1 atom stereocenters. The Morgan fingerprint density at radius 2 is 2.15 bits per heavy atom. The van der Waals surface area contributed by atoms with Gasteiger partial charge in [0.15, 0.2) is 5.69 Å². The summed E-state index contributed by atoms with van der Waals surface area (Å²) in [5.41, 5.74) is 0.330. The first-order valence-electron chi connectivity index (χ1n) is 8.99. The number of nitrogens with zero attached hydrogens (tertiary/aromatic N) is 3. The molecule has 148 valence electrons. The Morgan fingerprint density at radius 1 is 1.41 bits per heavy atom. The van der Waals surface area contributed by atoms with Crippen LogP contribution >= 0.6 is 24.0 Å². The average Bonchev–Trinajstić information content (AvgIpc) is 3.17. The van der Waals surface area contributed by atoms with Gasteiger partial charge in [-0.05, 0) is 44.5 Å². The number of halogens is 2. The number of rotatable bonds is 7. The smallest absolute Gasteiger partial charge is 0.273 e. The van der Waals surface area contributed by atoms with E-state index in [4.69, 9.17) is 16.3 Å². The number of benzene rings is 1. The van der Waals surface area contributed by atoms with Crippen LogP contribution in [0, 0.1) is 0 Å². The number of carbonyl (C=O) groups excluding carboxylic acids is 1. The molecule has 1 fully saturated rings. The van der Waals surface area contributed by atoms with E-state index in [1.807, 2.05) is 25.1 Å². The van der Waals surface area contributed by atoms with Crippen LogP contribution < -0.4 is 15.4 Å². The number of hydrogen-bond donors (Lipinski definition) is 2. The number of ether oxygens (including phenoxy) is 1. The second-order valence-corrected chi connectivity index (χ2v) is 6.76. The molecule has 1 saturated heterocycles. The molecule has 0 spiro atoms. The summed E-state index contributed by atoms with van der Waals surface area (Å²) >= 11 is 6.12. The monoisotopic (exact) mass is 413 g/mol. The van der Waals surface area contributed by atoms with Gasteiger partial charge in [-0.3, -0.25) is 4.79 Å². The van der Waals surface area contributed by atoms with Crippen molar-refractivity contribution in [2.75, 3.05) is 19.6 Å². The highest BCUT2D eigenvalue weighted by Crippen LogP contribution is 2.24. The molecule has 27 heavy (non-hydrogen) atoms. The molecule has 1 aliphatic heterocycles. The third kappa shape index (κ3) is 5.82. The van der Waals surface area contributed by atoms with Gasteiger partial charge in [-0.2, -0.15) is 0 Å². The van der Waals surface area contributed by atoms with Crippen LogP contribution in [0.3, 0.4) is 0 Å². The van der Waals surface area contributed by atoms with Crippen LogP contribution in [0.25, 0.3) is 0 Å². The molecule has 1 aliphatic rings. The van der Waals surface area contributed by atoms with Gasteiger partial charge in [-0.25, -0.2) is 4.68 Å². The van der Waals surface area contributed by atoms with Crippen molar-refractivity contribution in [1.29, 1.82) is 0 Å². The van der Waals surface area contributed by atoms with Gasteiger partial charge in [0.2, 0.25) is 0 Å². The molecule has 2 heterocycles. The number of para-hydroxylation sites is 1. The van der Waals surface area contributed by atoms with Gasteiger partial charge in [-0.15, -0.1) is 17.5 Å². The fraction of sp³-hybridized carbons (Fsp3) is 0.500. The van der Waals surface area contributed by atoms with Crippen LogP contribution in [0.5, 0.6) is 5.75 Å². The van der Waals surface area contributed by atoms with Crippen molar-refractivity contribution < 1.29 is 9.53 Å². The third-order valence-electron chi connectivity index (χ3n) is 4.50. The van der Waals surface area contributed by atoms with Crippen molar-refractivity contribution >= 4 is 29.9 Å². The predicted octanol–water partition coefficient (Wildman–Crippen LogP) is 2.87. The molecular weight excluding hydrogens is 389 g/mol. The van der Waals surface area contributed by atoms with E-state index in [1.54, 1.807) is 16.9 Å². The number of aromatic nitrogens is 3. The standard InChI is InChI=1S/C18H24ClN5O2.ClH/c1-2-14(26-17-6-4-3-5-15(17)19)11-21-18(25)16-12-24(23-22-16)13-7-9-20-10-8-13;/h3-6,12-14,20H,2,7-11H2,1H3,(H,21,25);1H. The molecule has 9 heteroatoms. The molecule has 1 amide bonds. The first-order valence-corrected chi connectivity index (χ1v) is 9.37. The van der Waals surface area contributed by atoms with Crippen molar-refractivity contribution in [1.82, 2.24) is 25.6 Å². The Kier molecular flexibility index (Phi) is 8.34. The van der Waals surface area contributed by atoms with Gasteiger partial charge in [0.1, 0.15) is 11.9 Å². The first-order chi connectivity index (χ1) is 12.7. The zero-order chi connectivity index (χ0) is 18.4. The number of nitrogens with one attached hydrogen (secondary N) is 2. The van der Waals surface area contributed by atoms with Crippen molar-refractivity contribution in [2.45, 2.75) is 38.3 Å². The zero-order valence-electron chi connectivity index (χ0n) is 15.2. The van der Waals surface area contributed by atoms with Gasteiger partial charge in [0.05, 0.1) is 23.8 Å². The highest BCUT2D eigenvalue weighted by molar-refractivity contribution is 6.32. The molecule has 0 saturated carbocycles. The van der Waals surface area contributed by atoms with E-state index in [1.165, 1.54) is 0 Å². The summed E-state index contributed by atoms with van der Waals surface area (Å²) in [5.74, 6) is 0.374. The fourth-order valence-corrected chi connectivity index (χ4v) is 3.10. The fourth-order valence-electron chi connectivity index (χ4n) is 2.92. The van der Waals surface area contributed by atoms with Crippen molar-refractivity contribution in [2.24, 2.45) is 0 Å². The lowest BCUT2D eigenvalue weighted by molar-refractivity contribution is 0.0921. The SMILES string of the molecule is CCC(CNC(=O)c1cn(C2CCNCC2)nn1)Oc1ccccc1Cl.Cl. The van der Waals surface area contributed by atoms with Gasteiger partial charge >= 0.3 is 0 Å². The van der Waals surface area contributed by atoms with Gasteiger partial charge in [0, 0.05) is 0 Å². The van der Waals surface area contributed by atoms with Crippen LogP contribution in [0.15, 0.2) is 30.5 Å². The van der Waals surface area contributed by atoms with E-state index >= 15 is 0 Å². The Hall–Kier alpha value is -1.83. The van der Waals surface area contributed by atoms with Crippen LogP contribution in [-0.4, -0.2) is 46.6 Å². The minimum absolute atomic E-state index is 0. The maximum Gasteiger partial charge on any atom is 0.273 e. The summed E-state index contributed by atoms with van der Waals surface area (Å²) in [6.45, 7) is 4.30. The van der Waals surface area contributed by atoms with E-state index in [-0.39, 0.29) is 24.4 Å². The number of hydrogen-bond acceptors (Lipinski definition) is 5. The van der Waals surface area contributed by atoms with Gasteiger partial charge in [-0.1, -0.05) is 35.9 Å². The Labute approximate surface area is 170 Å². The van der Waals surface area contributed by atoms with E-state index in [0.29, 0.717) is 29.1 Å². The summed E-state index contributed by atoms with van der Waals surface area (Å²) in [6, 6.07) is 7.62. The van der Waals surface area contributed by atoms with Crippen LogP contribution in [0.1, 0.15) is 42.7 Å². The van der Waals surface area contributed by atoms with Crippen LogP contribution in [0.4, 0.5) is 0 Å². The number of carbonyl (C=O) groups is 1. The van der Waals surface area contributed by atoms with Crippen molar-refractivity contribution in [3.8, 4) is 5.75 Å². The molecule has 2 aromatic rings. The Morgan fingerprint density at radius 3 is 2.85 bits per heavy atom. The Bertz CT molecular complexity index is 734. The molecule has 0 bridgehead atoms. The molecule has 1 aromatic carbocycles. The van der Waals surface area contributed by atoms with Crippen LogP contribution in [-0.2, 0) is 0 Å². The minimum Gasteiger partial charge on any atom is -0.487 e.